The molecule has 1 aliphatic carbocycles. The number of nitrogens with one attached hydrogen (secondary N) is 1. The molecule has 2 nitrogen and oxygen atoms in total. The van der Waals surface area contributed by atoms with Gasteiger partial charge in [-0.05, 0) is 31.7 Å². The van der Waals surface area contributed by atoms with Crippen molar-refractivity contribution in [3.8, 4) is 0 Å². The van der Waals surface area contributed by atoms with Gasteiger partial charge < -0.3 is 10.4 Å². The van der Waals surface area contributed by atoms with Crippen LogP contribution in [0, 0.1) is 11.8 Å². The van der Waals surface area contributed by atoms with Crippen molar-refractivity contribution >= 4 is 0 Å². The molecule has 0 atom stereocenters. The van der Waals surface area contributed by atoms with Gasteiger partial charge in [-0.3, -0.25) is 0 Å². The summed E-state index contributed by atoms with van der Waals surface area (Å²) in [6.07, 6.45) is 1.96. The number of rotatable bonds is 3. The van der Waals surface area contributed by atoms with Crippen LogP contribution in [0.1, 0.15) is 26.7 Å². The summed E-state index contributed by atoms with van der Waals surface area (Å²) < 4.78 is 0. The van der Waals surface area contributed by atoms with E-state index >= 15 is 0 Å². The Morgan fingerprint density at radius 2 is 2.09 bits per heavy atom. The van der Waals surface area contributed by atoms with E-state index in [2.05, 4.69) is 19.2 Å². The molecule has 0 bridgehead atoms. The Morgan fingerprint density at radius 1 is 1.55 bits per heavy atom. The van der Waals surface area contributed by atoms with Crippen LogP contribution in [-0.4, -0.2) is 24.3 Å². The minimum Gasteiger partial charge on any atom is -0.389 e. The predicted octanol–water partition coefficient (Wildman–Crippen LogP) is 1.00. The maximum Gasteiger partial charge on any atom is 0.0776 e. The lowest BCUT2D eigenvalue weighted by Gasteiger charge is -2.45. The standard InChI is InChI=1S/C9H19NO/c1-7(2)8-4-9(11,5-8)6-10-3/h7-8,10-11H,4-6H2,1-3H3. The molecule has 0 spiro atoms. The Labute approximate surface area is 69.0 Å². The highest BCUT2D eigenvalue weighted by molar-refractivity contribution is 4.96. The van der Waals surface area contributed by atoms with Gasteiger partial charge in [-0.1, -0.05) is 13.8 Å². The molecule has 2 N–H and O–H groups in total. The molecule has 11 heavy (non-hydrogen) atoms. The third kappa shape index (κ3) is 1.94. The summed E-state index contributed by atoms with van der Waals surface area (Å²) in [5, 5.41) is 12.8. The van der Waals surface area contributed by atoms with Crippen molar-refractivity contribution in [1.29, 1.82) is 0 Å². The first-order chi connectivity index (χ1) is 5.07. The minimum absolute atomic E-state index is 0.385. The first-order valence-electron chi connectivity index (χ1n) is 4.44. The highest BCUT2D eigenvalue weighted by atomic mass is 16.3. The van der Waals surface area contributed by atoms with Gasteiger partial charge in [0.15, 0.2) is 0 Å². The summed E-state index contributed by atoms with van der Waals surface area (Å²) in [5.41, 5.74) is -0.385. The zero-order chi connectivity index (χ0) is 8.48. The molecule has 0 saturated heterocycles. The van der Waals surface area contributed by atoms with Gasteiger partial charge in [-0.2, -0.15) is 0 Å². The van der Waals surface area contributed by atoms with Crippen LogP contribution >= 0.6 is 0 Å². The molecular formula is C9H19NO. The molecule has 1 saturated carbocycles. The highest BCUT2D eigenvalue weighted by Crippen LogP contribution is 2.41. The van der Waals surface area contributed by atoms with E-state index in [0.717, 1.165) is 31.2 Å². The smallest absolute Gasteiger partial charge is 0.0776 e. The summed E-state index contributed by atoms with van der Waals surface area (Å²) in [5.74, 6) is 1.47. The maximum absolute atomic E-state index is 9.77. The van der Waals surface area contributed by atoms with Gasteiger partial charge >= 0.3 is 0 Å². The van der Waals surface area contributed by atoms with E-state index in [0.29, 0.717) is 0 Å². The second-order valence-corrected chi connectivity index (χ2v) is 4.17. The van der Waals surface area contributed by atoms with Crippen LogP contribution in [0.3, 0.4) is 0 Å². The van der Waals surface area contributed by atoms with E-state index in [1.54, 1.807) is 0 Å². The molecule has 0 unspecified atom stereocenters. The Balaban J connectivity index is 2.26. The second-order valence-electron chi connectivity index (χ2n) is 4.17. The minimum atomic E-state index is -0.385. The van der Waals surface area contributed by atoms with Crippen molar-refractivity contribution in [3.05, 3.63) is 0 Å². The third-order valence-corrected chi connectivity index (χ3v) is 2.73. The van der Waals surface area contributed by atoms with Crippen LogP contribution in [0.2, 0.25) is 0 Å². The number of hydrogen-bond donors (Lipinski definition) is 2. The van der Waals surface area contributed by atoms with Crippen LogP contribution in [0.5, 0.6) is 0 Å². The molecule has 66 valence electrons. The fraction of sp³-hybridized carbons (Fsp3) is 1.00. The number of likely N-dealkylation sites (N-methyl/N-ethyl adjacent to an activating group) is 1. The molecule has 0 aliphatic heterocycles. The van der Waals surface area contributed by atoms with Gasteiger partial charge in [0.05, 0.1) is 5.60 Å². The van der Waals surface area contributed by atoms with Crippen molar-refractivity contribution in [2.45, 2.75) is 32.3 Å². The van der Waals surface area contributed by atoms with Crippen LogP contribution in [0.15, 0.2) is 0 Å². The van der Waals surface area contributed by atoms with Crippen molar-refractivity contribution in [3.63, 3.8) is 0 Å². The number of aliphatic hydroxyl groups is 1. The van der Waals surface area contributed by atoms with Crippen LogP contribution in [0.25, 0.3) is 0 Å². The van der Waals surface area contributed by atoms with Crippen LogP contribution < -0.4 is 5.32 Å². The highest BCUT2D eigenvalue weighted by Gasteiger charge is 2.42. The monoisotopic (exact) mass is 157 g/mol. The summed E-state index contributed by atoms with van der Waals surface area (Å²) in [7, 11) is 1.89. The zero-order valence-electron chi connectivity index (χ0n) is 7.72. The van der Waals surface area contributed by atoms with Crippen molar-refractivity contribution < 1.29 is 5.11 Å². The summed E-state index contributed by atoms with van der Waals surface area (Å²) >= 11 is 0. The van der Waals surface area contributed by atoms with Crippen LogP contribution in [-0.2, 0) is 0 Å². The summed E-state index contributed by atoms with van der Waals surface area (Å²) in [6.45, 7) is 5.20. The van der Waals surface area contributed by atoms with E-state index in [9.17, 15) is 5.11 Å². The molecule has 0 amide bonds. The molecule has 0 aromatic rings. The molecular weight excluding hydrogens is 138 g/mol. The number of hydrogen-bond acceptors (Lipinski definition) is 2. The van der Waals surface area contributed by atoms with Gasteiger partial charge in [-0.25, -0.2) is 0 Å². The Bertz CT molecular complexity index is 128. The molecule has 1 aliphatic rings. The van der Waals surface area contributed by atoms with E-state index in [1.165, 1.54) is 0 Å². The van der Waals surface area contributed by atoms with E-state index in [-0.39, 0.29) is 5.60 Å². The van der Waals surface area contributed by atoms with Gasteiger partial charge in [-0.15, -0.1) is 0 Å². The SMILES string of the molecule is CNCC1(O)CC(C(C)C)C1. The lowest BCUT2D eigenvalue weighted by atomic mass is 9.66. The van der Waals surface area contributed by atoms with E-state index in [1.807, 2.05) is 7.05 Å². The molecule has 1 fully saturated rings. The first-order valence-corrected chi connectivity index (χ1v) is 4.44. The Morgan fingerprint density at radius 3 is 2.45 bits per heavy atom. The summed E-state index contributed by atoms with van der Waals surface area (Å²) in [6, 6.07) is 0. The lowest BCUT2D eigenvalue weighted by molar-refractivity contribution is -0.0833. The van der Waals surface area contributed by atoms with Crippen LogP contribution in [0.4, 0.5) is 0 Å². The molecule has 0 aromatic carbocycles. The van der Waals surface area contributed by atoms with Gasteiger partial charge in [0.25, 0.3) is 0 Å². The van der Waals surface area contributed by atoms with Gasteiger partial charge in [0, 0.05) is 6.54 Å². The predicted molar refractivity (Wildman–Crippen MR) is 46.4 cm³/mol. The molecule has 0 aromatic heterocycles. The lowest BCUT2D eigenvalue weighted by Crippen LogP contribution is -2.51. The fourth-order valence-electron chi connectivity index (χ4n) is 1.86. The largest absolute Gasteiger partial charge is 0.389 e. The molecule has 1 rings (SSSR count). The third-order valence-electron chi connectivity index (χ3n) is 2.73. The Hall–Kier alpha value is -0.0800. The molecule has 0 heterocycles. The Kier molecular flexibility index (Phi) is 2.55. The molecule has 0 radical (unpaired) electrons. The fourth-order valence-corrected chi connectivity index (χ4v) is 1.86. The van der Waals surface area contributed by atoms with Crippen molar-refractivity contribution in [2.75, 3.05) is 13.6 Å². The maximum atomic E-state index is 9.77. The van der Waals surface area contributed by atoms with Gasteiger partial charge in [0.1, 0.15) is 0 Å². The summed E-state index contributed by atoms with van der Waals surface area (Å²) in [4.78, 5) is 0. The quantitative estimate of drug-likeness (QED) is 0.640. The zero-order valence-corrected chi connectivity index (χ0v) is 7.72. The average molecular weight is 157 g/mol. The van der Waals surface area contributed by atoms with Gasteiger partial charge in [0.2, 0.25) is 0 Å². The molecule has 2 heteroatoms. The topological polar surface area (TPSA) is 32.3 Å². The average Bonchev–Trinajstić information content (AvgIpc) is 1.82. The van der Waals surface area contributed by atoms with E-state index in [4.69, 9.17) is 0 Å². The van der Waals surface area contributed by atoms with Crippen molar-refractivity contribution in [2.24, 2.45) is 11.8 Å². The van der Waals surface area contributed by atoms with E-state index < -0.39 is 0 Å². The second kappa shape index (κ2) is 3.11. The van der Waals surface area contributed by atoms with Crippen molar-refractivity contribution in [1.82, 2.24) is 5.32 Å². The first kappa shape index (κ1) is 9.01. The normalized spacial score (nSPS) is 37.4.